The second-order valence-corrected chi connectivity index (χ2v) is 4.29. The van der Waals surface area contributed by atoms with Gasteiger partial charge in [-0.1, -0.05) is 37.3 Å². The number of hydrogen-bond donors (Lipinski definition) is 1. The lowest BCUT2D eigenvalue weighted by Gasteiger charge is -2.14. The van der Waals surface area contributed by atoms with Gasteiger partial charge in [0.1, 0.15) is 12.6 Å². The van der Waals surface area contributed by atoms with E-state index in [1.54, 1.807) is 0 Å². The van der Waals surface area contributed by atoms with Crippen molar-refractivity contribution < 1.29 is 9.53 Å². The lowest BCUT2D eigenvalue weighted by Crippen LogP contribution is -2.36. The topological polar surface area (TPSA) is 38.3 Å². The molecule has 1 aliphatic heterocycles. The van der Waals surface area contributed by atoms with E-state index >= 15 is 0 Å². The van der Waals surface area contributed by atoms with Gasteiger partial charge in [0, 0.05) is 0 Å². The molecule has 1 aromatic carbocycles. The first kappa shape index (κ1) is 11.1. The summed E-state index contributed by atoms with van der Waals surface area (Å²) in [6.07, 6.45) is 1.05. The van der Waals surface area contributed by atoms with Crippen LogP contribution in [0.1, 0.15) is 18.9 Å². The Hall–Kier alpha value is -1.35. The van der Waals surface area contributed by atoms with Gasteiger partial charge in [0.05, 0.1) is 0 Å². The molecule has 3 nitrogen and oxygen atoms in total. The van der Waals surface area contributed by atoms with Crippen LogP contribution >= 0.6 is 0 Å². The van der Waals surface area contributed by atoms with Crippen molar-refractivity contribution in [3.8, 4) is 0 Å². The van der Waals surface area contributed by atoms with E-state index in [0.717, 1.165) is 18.5 Å². The molecule has 2 atom stereocenters. The van der Waals surface area contributed by atoms with Gasteiger partial charge in [-0.2, -0.15) is 0 Å². The van der Waals surface area contributed by atoms with Crippen LogP contribution in [0, 0.1) is 5.92 Å². The molecule has 86 valence electrons. The molecule has 0 spiro atoms. The Labute approximate surface area is 95.8 Å². The van der Waals surface area contributed by atoms with E-state index in [0.29, 0.717) is 12.5 Å². The summed E-state index contributed by atoms with van der Waals surface area (Å²) in [6.45, 7) is 3.35. The predicted molar refractivity (Wildman–Crippen MR) is 61.8 cm³/mol. The molecule has 0 saturated carbocycles. The van der Waals surface area contributed by atoms with Crippen LogP contribution in [0.15, 0.2) is 30.3 Å². The van der Waals surface area contributed by atoms with E-state index in [1.807, 2.05) is 30.3 Å². The summed E-state index contributed by atoms with van der Waals surface area (Å²) in [5.74, 6) is 0.247. The normalized spacial score (nSPS) is 24.3. The zero-order chi connectivity index (χ0) is 11.4. The molecule has 1 heterocycles. The third kappa shape index (κ3) is 2.61. The molecule has 1 fully saturated rings. The Bertz CT molecular complexity index is 350. The van der Waals surface area contributed by atoms with E-state index in [-0.39, 0.29) is 12.0 Å². The van der Waals surface area contributed by atoms with Gasteiger partial charge < -0.3 is 10.1 Å². The van der Waals surface area contributed by atoms with Gasteiger partial charge in [-0.15, -0.1) is 0 Å². The Morgan fingerprint density at radius 3 is 2.81 bits per heavy atom. The summed E-state index contributed by atoms with van der Waals surface area (Å²) in [4.78, 5) is 11.7. The molecule has 1 saturated heterocycles. The highest BCUT2D eigenvalue weighted by Crippen LogP contribution is 2.16. The molecule has 0 bridgehead atoms. The average molecular weight is 219 g/mol. The van der Waals surface area contributed by atoms with E-state index in [1.165, 1.54) is 0 Å². The number of ether oxygens (including phenoxy) is 1. The molecule has 0 aromatic heterocycles. The van der Waals surface area contributed by atoms with Gasteiger partial charge in [-0.3, -0.25) is 4.79 Å². The number of carbonyl (C=O) groups is 1. The van der Waals surface area contributed by atoms with Crippen LogP contribution in [0.5, 0.6) is 0 Å². The monoisotopic (exact) mass is 219 g/mol. The van der Waals surface area contributed by atoms with Crippen molar-refractivity contribution in [3.63, 3.8) is 0 Å². The number of rotatable bonds is 3. The van der Waals surface area contributed by atoms with Crippen molar-refractivity contribution in [3.05, 3.63) is 35.9 Å². The Balaban J connectivity index is 1.84. The van der Waals surface area contributed by atoms with Crippen molar-refractivity contribution in [2.75, 3.05) is 6.54 Å². The molecule has 1 N–H and O–H groups in total. The largest absolute Gasteiger partial charge is 0.460 e. The van der Waals surface area contributed by atoms with Crippen LogP contribution in [0.3, 0.4) is 0 Å². The zero-order valence-corrected chi connectivity index (χ0v) is 9.48. The van der Waals surface area contributed by atoms with E-state index < -0.39 is 0 Å². The van der Waals surface area contributed by atoms with Crippen molar-refractivity contribution in [1.82, 2.24) is 5.32 Å². The average Bonchev–Trinajstić information content (AvgIpc) is 2.74. The first-order valence-corrected chi connectivity index (χ1v) is 5.71. The minimum absolute atomic E-state index is 0.122. The molecule has 0 radical (unpaired) electrons. The van der Waals surface area contributed by atoms with Gasteiger partial charge in [-0.25, -0.2) is 0 Å². The number of hydrogen-bond acceptors (Lipinski definition) is 3. The second-order valence-electron chi connectivity index (χ2n) is 4.29. The molecule has 3 heteroatoms. The molecular weight excluding hydrogens is 202 g/mol. The minimum atomic E-state index is -0.131. The molecular formula is C13H17NO2. The second kappa shape index (κ2) is 5.12. The fraction of sp³-hybridized carbons (Fsp3) is 0.462. The maximum absolute atomic E-state index is 11.7. The Kier molecular flexibility index (Phi) is 3.57. The standard InChI is InChI=1S/C13H17NO2/c1-10-7-8-14-12(10)13(15)16-9-11-5-3-2-4-6-11/h2-6,10,12,14H,7-9H2,1H3/t10-,12+/m1/s1. The molecule has 0 aliphatic carbocycles. The van der Waals surface area contributed by atoms with Crippen LogP contribution in [0.4, 0.5) is 0 Å². The first-order valence-electron chi connectivity index (χ1n) is 5.71. The zero-order valence-electron chi connectivity index (χ0n) is 9.48. The molecule has 2 rings (SSSR count). The van der Waals surface area contributed by atoms with Gasteiger partial charge in [0.15, 0.2) is 0 Å². The van der Waals surface area contributed by atoms with Gasteiger partial charge in [-0.05, 0) is 24.4 Å². The van der Waals surface area contributed by atoms with E-state index in [2.05, 4.69) is 12.2 Å². The number of benzene rings is 1. The maximum Gasteiger partial charge on any atom is 0.323 e. The fourth-order valence-electron chi connectivity index (χ4n) is 1.97. The predicted octanol–water partition coefficient (Wildman–Crippen LogP) is 1.73. The van der Waals surface area contributed by atoms with Gasteiger partial charge >= 0.3 is 5.97 Å². The van der Waals surface area contributed by atoms with Crippen LogP contribution < -0.4 is 5.32 Å². The smallest absolute Gasteiger partial charge is 0.323 e. The van der Waals surface area contributed by atoms with Crippen molar-refractivity contribution in [1.29, 1.82) is 0 Å². The fourth-order valence-corrected chi connectivity index (χ4v) is 1.97. The number of esters is 1. The van der Waals surface area contributed by atoms with Crippen molar-refractivity contribution in [2.24, 2.45) is 5.92 Å². The number of nitrogens with one attached hydrogen (secondary N) is 1. The summed E-state index contributed by atoms with van der Waals surface area (Å²) in [5, 5.41) is 3.17. The third-order valence-electron chi connectivity index (χ3n) is 3.01. The summed E-state index contributed by atoms with van der Waals surface area (Å²) in [5.41, 5.74) is 1.03. The molecule has 1 aliphatic rings. The quantitative estimate of drug-likeness (QED) is 0.787. The molecule has 16 heavy (non-hydrogen) atoms. The lowest BCUT2D eigenvalue weighted by atomic mass is 10.0. The van der Waals surface area contributed by atoms with Crippen LogP contribution in [0.25, 0.3) is 0 Å². The SMILES string of the molecule is C[C@@H]1CCN[C@@H]1C(=O)OCc1ccccc1. The Morgan fingerprint density at radius 1 is 1.44 bits per heavy atom. The highest BCUT2D eigenvalue weighted by Gasteiger charge is 2.30. The molecule has 0 amide bonds. The summed E-state index contributed by atoms with van der Waals surface area (Å²) < 4.78 is 5.28. The van der Waals surface area contributed by atoms with Crippen LogP contribution in [-0.4, -0.2) is 18.6 Å². The van der Waals surface area contributed by atoms with Crippen molar-refractivity contribution >= 4 is 5.97 Å². The van der Waals surface area contributed by atoms with E-state index in [4.69, 9.17) is 4.74 Å². The summed E-state index contributed by atoms with van der Waals surface area (Å²) >= 11 is 0. The minimum Gasteiger partial charge on any atom is -0.460 e. The highest BCUT2D eigenvalue weighted by atomic mass is 16.5. The van der Waals surface area contributed by atoms with Crippen LogP contribution in [-0.2, 0) is 16.1 Å². The summed E-state index contributed by atoms with van der Waals surface area (Å²) in [7, 11) is 0. The maximum atomic E-state index is 11.7. The lowest BCUT2D eigenvalue weighted by molar-refractivity contribution is -0.148. The number of carbonyl (C=O) groups excluding carboxylic acids is 1. The third-order valence-corrected chi connectivity index (χ3v) is 3.01. The first-order chi connectivity index (χ1) is 7.77. The van der Waals surface area contributed by atoms with Gasteiger partial charge in [0.25, 0.3) is 0 Å². The highest BCUT2D eigenvalue weighted by molar-refractivity contribution is 5.76. The van der Waals surface area contributed by atoms with Gasteiger partial charge in [0.2, 0.25) is 0 Å². The molecule has 1 aromatic rings. The Morgan fingerprint density at radius 2 is 2.19 bits per heavy atom. The molecule has 0 unspecified atom stereocenters. The summed E-state index contributed by atoms with van der Waals surface area (Å²) in [6, 6.07) is 9.63. The van der Waals surface area contributed by atoms with E-state index in [9.17, 15) is 4.79 Å². The van der Waals surface area contributed by atoms with Crippen molar-refractivity contribution in [2.45, 2.75) is 26.0 Å². The van der Waals surface area contributed by atoms with Crippen LogP contribution in [0.2, 0.25) is 0 Å².